The van der Waals surface area contributed by atoms with Crippen molar-refractivity contribution in [3.8, 4) is 0 Å². The van der Waals surface area contributed by atoms with Crippen LogP contribution in [0.3, 0.4) is 0 Å². The third-order valence-electron chi connectivity index (χ3n) is 1.30. The van der Waals surface area contributed by atoms with Gasteiger partial charge in [-0.1, -0.05) is 19.8 Å². The number of nitrogens with zero attached hydrogens (tertiary/aromatic N) is 1. The number of rotatable bonds is 4. The number of nitrogens with two attached hydrogens (primary N) is 2. The first kappa shape index (κ1) is 10.7. The number of primary amides is 1. The van der Waals surface area contributed by atoms with Gasteiger partial charge in [0.15, 0.2) is 5.96 Å². The Morgan fingerprint density at radius 2 is 2.08 bits per heavy atom. The van der Waals surface area contributed by atoms with Gasteiger partial charge in [-0.15, -0.1) is 0 Å². The summed E-state index contributed by atoms with van der Waals surface area (Å²) in [4.78, 5) is 14.1. The fraction of sp³-hybridized carbons (Fsp3) is 0.714. The number of amides is 2. The number of guanidine groups is 1. The van der Waals surface area contributed by atoms with Crippen molar-refractivity contribution in [1.29, 1.82) is 0 Å². The van der Waals surface area contributed by atoms with Gasteiger partial charge in [0.05, 0.1) is 0 Å². The Hall–Kier alpha value is -1.26. The minimum absolute atomic E-state index is 0.0959. The van der Waals surface area contributed by atoms with Gasteiger partial charge in [0.25, 0.3) is 0 Å². The van der Waals surface area contributed by atoms with Gasteiger partial charge in [0, 0.05) is 6.54 Å². The molecule has 0 aliphatic carbocycles. The summed E-state index contributed by atoms with van der Waals surface area (Å²) in [5.74, 6) is 0.0959. The predicted molar refractivity (Wildman–Crippen MR) is 48.7 cm³/mol. The monoisotopic (exact) mass is 172 g/mol. The molecular formula is C7H16N4O. The zero-order valence-corrected chi connectivity index (χ0v) is 7.34. The average Bonchev–Trinajstić information content (AvgIpc) is 1.97. The summed E-state index contributed by atoms with van der Waals surface area (Å²) in [6.45, 7) is 2.74. The summed E-state index contributed by atoms with van der Waals surface area (Å²) >= 11 is 0. The molecule has 0 saturated carbocycles. The fourth-order valence-electron chi connectivity index (χ4n) is 0.727. The van der Waals surface area contributed by atoms with Crippen LogP contribution >= 0.6 is 0 Å². The van der Waals surface area contributed by atoms with E-state index in [9.17, 15) is 4.79 Å². The molecule has 12 heavy (non-hydrogen) atoms. The molecule has 0 spiro atoms. The molecule has 2 amide bonds. The highest BCUT2D eigenvalue weighted by molar-refractivity contribution is 5.94. The number of carbonyl (C=O) groups excluding carboxylic acids is 1. The van der Waals surface area contributed by atoms with Crippen LogP contribution in [0.1, 0.15) is 26.2 Å². The van der Waals surface area contributed by atoms with E-state index >= 15 is 0 Å². The molecule has 0 atom stereocenters. The van der Waals surface area contributed by atoms with Crippen molar-refractivity contribution in [2.24, 2.45) is 16.5 Å². The standard InChI is InChI=1S/C7H16N4O/c1-2-3-4-5-10-6(8)11-7(9)12/h2-5H2,1H3,(H5,8,9,10,11,12). The van der Waals surface area contributed by atoms with Crippen molar-refractivity contribution in [3.63, 3.8) is 0 Å². The molecule has 5 heteroatoms. The topological polar surface area (TPSA) is 93.5 Å². The Morgan fingerprint density at radius 1 is 1.42 bits per heavy atom. The zero-order chi connectivity index (χ0) is 9.40. The maximum Gasteiger partial charge on any atom is 0.318 e. The summed E-state index contributed by atoms with van der Waals surface area (Å²) in [6, 6.07) is -0.674. The molecular weight excluding hydrogens is 156 g/mol. The van der Waals surface area contributed by atoms with Gasteiger partial charge in [-0.25, -0.2) is 4.79 Å². The molecule has 5 N–H and O–H groups in total. The Kier molecular flexibility index (Phi) is 5.77. The van der Waals surface area contributed by atoms with E-state index in [-0.39, 0.29) is 5.96 Å². The third-order valence-corrected chi connectivity index (χ3v) is 1.30. The van der Waals surface area contributed by atoms with Crippen LogP contribution in [-0.2, 0) is 0 Å². The van der Waals surface area contributed by atoms with Gasteiger partial charge < -0.3 is 11.5 Å². The number of aliphatic imine (C=N–C) groups is 1. The van der Waals surface area contributed by atoms with Crippen LogP contribution in [0.5, 0.6) is 0 Å². The minimum atomic E-state index is -0.674. The highest BCUT2D eigenvalue weighted by Gasteiger charge is 1.93. The third kappa shape index (κ3) is 6.85. The first-order chi connectivity index (χ1) is 5.66. The van der Waals surface area contributed by atoms with Crippen LogP contribution < -0.4 is 16.8 Å². The quantitative estimate of drug-likeness (QED) is 0.320. The van der Waals surface area contributed by atoms with E-state index in [4.69, 9.17) is 11.5 Å². The molecule has 0 aromatic rings. The lowest BCUT2D eigenvalue weighted by atomic mass is 10.2. The maximum absolute atomic E-state index is 10.2. The Bertz CT molecular complexity index is 167. The Morgan fingerprint density at radius 3 is 2.58 bits per heavy atom. The van der Waals surface area contributed by atoms with Gasteiger partial charge in [-0.3, -0.25) is 10.3 Å². The molecule has 0 aromatic carbocycles. The lowest BCUT2D eigenvalue weighted by molar-refractivity contribution is 0.253. The highest BCUT2D eigenvalue weighted by Crippen LogP contribution is 1.92. The smallest absolute Gasteiger partial charge is 0.318 e. The van der Waals surface area contributed by atoms with E-state index in [2.05, 4.69) is 17.2 Å². The lowest BCUT2D eigenvalue weighted by Crippen LogP contribution is -2.40. The lowest BCUT2D eigenvalue weighted by Gasteiger charge is -1.99. The van der Waals surface area contributed by atoms with Gasteiger partial charge in [-0.05, 0) is 6.42 Å². The fourth-order valence-corrected chi connectivity index (χ4v) is 0.727. The molecule has 0 aliphatic rings. The number of hydrogen-bond donors (Lipinski definition) is 3. The molecule has 0 bridgehead atoms. The zero-order valence-electron chi connectivity index (χ0n) is 7.34. The maximum atomic E-state index is 10.2. The van der Waals surface area contributed by atoms with Crippen LogP contribution in [0.4, 0.5) is 4.79 Å². The van der Waals surface area contributed by atoms with Crippen LogP contribution in [-0.4, -0.2) is 18.5 Å². The molecule has 70 valence electrons. The summed E-state index contributed by atoms with van der Waals surface area (Å²) in [5, 5.41) is 2.19. The second kappa shape index (κ2) is 6.45. The summed E-state index contributed by atoms with van der Waals surface area (Å²) < 4.78 is 0. The van der Waals surface area contributed by atoms with Crippen LogP contribution in [0.15, 0.2) is 4.99 Å². The van der Waals surface area contributed by atoms with E-state index in [0.29, 0.717) is 6.54 Å². The number of unbranched alkanes of at least 4 members (excludes halogenated alkanes) is 2. The van der Waals surface area contributed by atoms with Gasteiger partial charge in [0.1, 0.15) is 0 Å². The number of carbonyl (C=O) groups is 1. The largest absolute Gasteiger partial charge is 0.370 e. The molecule has 0 heterocycles. The SMILES string of the molecule is CCCCCN=C(N)NC(N)=O. The summed E-state index contributed by atoms with van der Waals surface area (Å²) in [7, 11) is 0. The Balaban J connectivity index is 3.48. The molecule has 0 rings (SSSR count). The van der Waals surface area contributed by atoms with E-state index in [1.165, 1.54) is 0 Å². The molecule has 0 aliphatic heterocycles. The molecule has 0 saturated heterocycles. The Labute approximate surface area is 72.2 Å². The van der Waals surface area contributed by atoms with Crippen molar-refractivity contribution >= 4 is 12.0 Å². The van der Waals surface area contributed by atoms with Crippen LogP contribution in [0.2, 0.25) is 0 Å². The molecule has 0 radical (unpaired) electrons. The van der Waals surface area contributed by atoms with E-state index in [0.717, 1.165) is 19.3 Å². The van der Waals surface area contributed by atoms with Crippen molar-refractivity contribution < 1.29 is 4.79 Å². The second-order valence-corrected chi connectivity index (χ2v) is 2.46. The minimum Gasteiger partial charge on any atom is -0.370 e. The molecule has 5 nitrogen and oxygen atoms in total. The normalized spacial score (nSPS) is 11.2. The second-order valence-electron chi connectivity index (χ2n) is 2.46. The molecule has 0 unspecified atom stereocenters. The van der Waals surface area contributed by atoms with Crippen molar-refractivity contribution in [3.05, 3.63) is 0 Å². The number of urea groups is 1. The van der Waals surface area contributed by atoms with E-state index in [1.807, 2.05) is 0 Å². The number of hydrogen-bond acceptors (Lipinski definition) is 2. The molecule has 0 fully saturated rings. The molecule has 0 aromatic heterocycles. The first-order valence-corrected chi connectivity index (χ1v) is 4.03. The van der Waals surface area contributed by atoms with Crippen molar-refractivity contribution in [1.82, 2.24) is 5.32 Å². The van der Waals surface area contributed by atoms with E-state index in [1.54, 1.807) is 0 Å². The first-order valence-electron chi connectivity index (χ1n) is 4.03. The highest BCUT2D eigenvalue weighted by atomic mass is 16.2. The van der Waals surface area contributed by atoms with Crippen molar-refractivity contribution in [2.45, 2.75) is 26.2 Å². The average molecular weight is 172 g/mol. The van der Waals surface area contributed by atoms with Gasteiger partial charge in [0.2, 0.25) is 0 Å². The van der Waals surface area contributed by atoms with Gasteiger partial charge in [-0.2, -0.15) is 0 Å². The van der Waals surface area contributed by atoms with E-state index < -0.39 is 6.03 Å². The van der Waals surface area contributed by atoms with Crippen LogP contribution in [0.25, 0.3) is 0 Å². The summed E-state index contributed by atoms with van der Waals surface area (Å²) in [5.41, 5.74) is 10.1. The summed E-state index contributed by atoms with van der Waals surface area (Å²) in [6.07, 6.45) is 3.24. The number of nitrogens with one attached hydrogen (secondary N) is 1. The van der Waals surface area contributed by atoms with Crippen molar-refractivity contribution in [2.75, 3.05) is 6.54 Å². The van der Waals surface area contributed by atoms with Gasteiger partial charge >= 0.3 is 6.03 Å². The predicted octanol–water partition coefficient (Wildman–Crippen LogP) is 0.160. The van der Waals surface area contributed by atoms with Crippen LogP contribution in [0, 0.1) is 0 Å².